The standard InChI is InChI=1S/C28H34N4O4/c1-18-16-32(19(2)17-33)27(34)14-21-13-22(11-12-25(21)36-26(18)15-29-3)30-28(35)31-24-10-6-8-20-7-4-5-9-23(20)24/h4-13,18-19,26,29,33H,14-17H2,1-3H3,(H2,30,31,35)/t18-,19+,26+/m0/s1. The minimum absolute atomic E-state index is 0.0469. The van der Waals surface area contributed by atoms with E-state index in [9.17, 15) is 14.7 Å². The lowest BCUT2D eigenvalue weighted by Gasteiger charge is -2.32. The van der Waals surface area contributed by atoms with Crippen molar-refractivity contribution in [1.29, 1.82) is 0 Å². The van der Waals surface area contributed by atoms with E-state index in [2.05, 4.69) is 16.0 Å². The molecule has 190 valence electrons. The van der Waals surface area contributed by atoms with E-state index in [4.69, 9.17) is 4.74 Å². The Morgan fingerprint density at radius 3 is 2.69 bits per heavy atom. The Morgan fingerprint density at radius 1 is 1.14 bits per heavy atom. The summed E-state index contributed by atoms with van der Waals surface area (Å²) in [5.74, 6) is 0.579. The molecule has 0 aromatic heterocycles. The normalized spacial score (nSPS) is 18.9. The van der Waals surface area contributed by atoms with E-state index in [0.717, 1.165) is 10.8 Å². The molecule has 0 saturated heterocycles. The molecule has 0 spiro atoms. The predicted octanol–water partition coefficient (Wildman–Crippen LogP) is 3.85. The van der Waals surface area contributed by atoms with Crippen LogP contribution in [0.25, 0.3) is 10.8 Å². The Balaban J connectivity index is 1.57. The van der Waals surface area contributed by atoms with E-state index >= 15 is 0 Å². The highest BCUT2D eigenvalue weighted by molar-refractivity contribution is 6.06. The van der Waals surface area contributed by atoms with Crippen molar-refractivity contribution in [2.45, 2.75) is 32.4 Å². The lowest BCUT2D eigenvalue weighted by atomic mass is 10.0. The monoisotopic (exact) mass is 490 g/mol. The molecule has 1 aliphatic rings. The van der Waals surface area contributed by atoms with Crippen molar-refractivity contribution in [3.63, 3.8) is 0 Å². The van der Waals surface area contributed by atoms with E-state index in [-0.39, 0.29) is 43.0 Å². The number of aliphatic hydroxyl groups excluding tert-OH is 1. The largest absolute Gasteiger partial charge is 0.488 e. The number of benzene rings is 3. The Kier molecular flexibility index (Phi) is 8.07. The fraction of sp³-hybridized carbons (Fsp3) is 0.357. The number of nitrogens with one attached hydrogen (secondary N) is 3. The van der Waals surface area contributed by atoms with Gasteiger partial charge >= 0.3 is 6.03 Å². The van der Waals surface area contributed by atoms with Crippen LogP contribution in [-0.4, -0.2) is 60.8 Å². The lowest BCUT2D eigenvalue weighted by molar-refractivity contribution is -0.134. The number of rotatable bonds is 6. The highest BCUT2D eigenvalue weighted by Crippen LogP contribution is 2.29. The average Bonchev–Trinajstić information content (AvgIpc) is 2.92. The molecular formula is C28H34N4O4. The number of amides is 3. The van der Waals surface area contributed by atoms with Crippen molar-refractivity contribution >= 4 is 34.1 Å². The molecule has 1 aliphatic heterocycles. The third kappa shape index (κ3) is 5.78. The van der Waals surface area contributed by atoms with Gasteiger partial charge in [0.2, 0.25) is 5.91 Å². The zero-order chi connectivity index (χ0) is 25.7. The van der Waals surface area contributed by atoms with E-state index in [0.29, 0.717) is 35.8 Å². The zero-order valence-corrected chi connectivity index (χ0v) is 21.0. The molecule has 0 aliphatic carbocycles. The maximum Gasteiger partial charge on any atom is 0.323 e. The first kappa shape index (κ1) is 25.5. The van der Waals surface area contributed by atoms with E-state index in [1.165, 1.54) is 0 Å². The number of urea groups is 1. The fourth-order valence-corrected chi connectivity index (χ4v) is 4.57. The molecule has 1 heterocycles. The number of ether oxygens (including phenoxy) is 1. The molecule has 3 amide bonds. The van der Waals surface area contributed by atoms with Gasteiger partial charge in [-0.1, -0.05) is 43.3 Å². The molecule has 0 unspecified atom stereocenters. The predicted molar refractivity (Wildman–Crippen MR) is 143 cm³/mol. The summed E-state index contributed by atoms with van der Waals surface area (Å²) in [5.41, 5.74) is 1.96. The summed E-state index contributed by atoms with van der Waals surface area (Å²) < 4.78 is 6.35. The van der Waals surface area contributed by atoms with Gasteiger partial charge in [0.05, 0.1) is 24.8 Å². The van der Waals surface area contributed by atoms with Gasteiger partial charge in [0.25, 0.3) is 0 Å². The van der Waals surface area contributed by atoms with E-state index in [1.807, 2.05) is 63.4 Å². The van der Waals surface area contributed by atoms with Crippen LogP contribution in [0.3, 0.4) is 0 Å². The van der Waals surface area contributed by atoms with Crippen LogP contribution in [-0.2, 0) is 11.2 Å². The van der Waals surface area contributed by atoms with Crippen molar-refractivity contribution in [3.8, 4) is 5.75 Å². The third-order valence-corrected chi connectivity index (χ3v) is 6.62. The highest BCUT2D eigenvalue weighted by atomic mass is 16.5. The minimum Gasteiger partial charge on any atom is -0.488 e. The zero-order valence-electron chi connectivity index (χ0n) is 21.0. The van der Waals surface area contributed by atoms with Crippen LogP contribution in [0.2, 0.25) is 0 Å². The third-order valence-electron chi connectivity index (χ3n) is 6.62. The van der Waals surface area contributed by atoms with Gasteiger partial charge in [-0.15, -0.1) is 0 Å². The van der Waals surface area contributed by atoms with Crippen molar-refractivity contribution < 1.29 is 19.4 Å². The Bertz CT molecular complexity index is 1230. The van der Waals surface area contributed by atoms with E-state index < -0.39 is 0 Å². The Morgan fingerprint density at radius 2 is 1.92 bits per heavy atom. The molecule has 0 bridgehead atoms. The van der Waals surface area contributed by atoms with Crippen LogP contribution in [0.1, 0.15) is 19.4 Å². The van der Waals surface area contributed by atoms with Gasteiger partial charge in [-0.3, -0.25) is 4.79 Å². The number of fused-ring (bicyclic) bond motifs is 2. The van der Waals surface area contributed by atoms with Gasteiger partial charge in [-0.2, -0.15) is 0 Å². The molecule has 4 N–H and O–H groups in total. The molecule has 0 saturated carbocycles. The summed E-state index contributed by atoms with van der Waals surface area (Å²) in [4.78, 5) is 27.8. The topological polar surface area (TPSA) is 103 Å². The van der Waals surface area contributed by atoms with Crippen molar-refractivity contribution in [2.75, 3.05) is 37.4 Å². The van der Waals surface area contributed by atoms with Gasteiger partial charge in [0.15, 0.2) is 0 Å². The molecule has 8 nitrogen and oxygen atoms in total. The molecule has 4 rings (SSSR count). The maximum absolute atomic E-state index is 13.2. The first-order valence-electron chi connectivity index (χ1n) is 12.3. The maximum atomic E-state index is 13.2. The number of nitrogens with zero attached hydrogens (tertiary/aromatic N) is 1. The van der Waals surface area contributed by atoms with Crippen LogP contribution >= 0.6 is 0 Å². The van der Waals surface area contributed by atoms with E-state index in [1.54, 1.807) is 23.1 Å². The lowest BCUT2D eigenvalue weighted by Crippen LogP contribution is -2.47. The summed E-state index contributed by atoms with van der Waals surface area (Å²) in [7, 11) is 1.87. The van der Waals surface area contributed by atoms with Crippen LogP contribution in [0, 0.1) is 5.92 Å². The summed E-state index contributed by atoms with van der Waals surface area (Å²) in [5, 5.41) is 20.7. The Labute approximate surface area is 211 Å². The summed E-state index contributed by atoms with van der Waals surface area (Å²) in [6, 6.07) is 18.3. The minimum atomic E-state index is -0.376. The second-order valence-electron chi connectivity index (χ2n) is 9.37. The molecule has 36 heavy (non-hydrogen) atoms. The second kappa shape index (κ2) is 11.4. The number of hydrogen-bond donors (Lipinski definition) is 4. The molecule has 0 radical (unpaired) electrons. The number of carbonyl (C=O) groups is 2. The number of carbonyl (C=O) groups excluding carboxylic acids is 2. The second-order valence-corrected chi connectivity index (χ2v) is 9.37. The first-order valence-corrected chi connectivity index (χ1v) is 12.3. The van der Waals surface area contributed by atoms with Crippen molar-refractivity contribution in [2.24, 2.45) is 5.92 Å². The van der Waals surface area contributed by atoms with Gasteiger partial charge in [0.1, 0.15) is 11.9 Å². The summed E-state index contributed by atoms with van der Waals surface area (Å²) in [6.45, 7) is 4.87. The molecule has 3 aromatic rings. The Hall–Kier alpha value is -3.62. The number of aliphatic hydroxyl groups is 1. The van der Waals surface area contributed by atoms with Crippen LogP contribution in [0.4, 0.5) is 16.2 Å². The molecule has 8 heteroatoms. The van der Waals surface area contributed by atoms with Crippen LogP contribution < -0.4 is 20.7 Å². The van der Waals surface area contributed by atoms with Gasteiger partial charge in [0, 0.05) is 35.6 Å². The van der Waals surface area contributed by atoms with Crippen LogP contribution in [0.5, 0.6) is 5.75 Å². The van der Waals surface area contributed by atoms with Gasteiger partial charge < -0.3 is 30.7 Å². The molecule has 3 aromatic carbocycles. The fourth-order valence-electron chi connectivity index (χ4n) is 4.57. The number of likely N-dealkylation sites (N-methyl/N-ethyl adjacent to an activating group) is 1. The van der Waals surface area contributed by atoms with Crippen molar-refractivity contribution in [3.05, 3.63) is 66.2 Å². The van der Waals surface area contributed by atoms with Crippen molar-refractivity contribution in [1.82, 2.24) is 10.2 Å². The number of hydrogen-bond acceptors (Lipinski definition) is 5. The quantitative estimate of drug-likeness (QED) is 0.420. The molecular weight excluding hydrogens is 456 g/mol. The highest BCUT2D eigenvalue weighted by Gasteiger charge is 2.30. The van der Waals surface area contributed by atoms with Gasteiger partial charge in [-0.25, -0.2) is 4.79 Å². The summed E-state index contributed by atoms with van der Waals surface area (Å²) >= 11 is 0. The van der Waals surface area contributed by atoms with Crippen LogP contribution in [0.15, 0.2) is 60.7 Å². The average molecular weight is 491 g/mol. The smallest absolute Gasteiger partial charge is 0.323 e. The molecule has 3 atom stereocenters. The number of anilines is 2. The SMILES string of the molecule is CNC[C@H]1Oc2ccc(NC(=O)Nc3cccc4ccccc34)cc2CC(=O)N([C@H](C)CO)C[C@@H]1C. The molecule has 0 fully saturated rings. The summed E-state index contributed by atoms with van der Waals surface area (Å²) in [6.07, 6.45) is -0.0550. The van der Waals surface area contributed by atoms with Gasteiger partial charge in [-0.05, 0) is 43.6 Å². The first-order chi connectivity index (χ1) is 17.4.